The zero-order chi connectivity index (χ0) is 19.7. The summed E-state index contributed by atoms with van der Waals surface area (Å²) >= 11 is 0. The van der Waals surface area contributed by atoms with Crippen LogP contribution in [-0.2, 0) is 19.7 Å². The topological polar surface area (TPSA) is 98.7 Å². The van der Waals surface area contributed by atoms with E-state index < -0.39 is 17.0 Å². The Hall–Kier alpha value is -3.09. The average molecular weight is 367 g/mol. The van der Waals surface area contributed by atoms with Crippen LogP contribution in [-0.4, -0.2) is 34.4 Å². The highest BCUT2D eigenvalue weighted by Gasteiger charge is 2.63. The molecule has 1 aromatic heterocycles. The van der Waals surface area contributed by atoms with E-state index in [4.69, 9.17) is 14.9 Å². The number of allylic oxidation sites excluding steroid dienone is 1. The van der Waals surface area contributed by atoms with E-state index in [9.17, 15) is 9.59 Å². The van der Waals surface area contributed by atoms with Crippen molar-refractivity contribution in [3.8, 4) is 11.3 Å². The number of fused-ring (bicyclic) bond motifs is 5. The van der Waals surface area contributed by atoms with Crippen molar-refractivity contribution in [1.29, 1.82) is 0 Å². The van der Waals surface area contributed by atoms with Crippen molar-refractivity contribution in [3.05, 3.63) is 46.8 Å². The molecule has 27 heavy (non-hydrogen) atoms. The van der Waals surface area contributed by atoms with Crippen molar-refractivity contribution in [1.82, 2.24) is 9.88 Å². The first-order valence-electron chi connectivity index (χ1n) is 8.68. The van der Waals surface area contributed by atoms with Gasteiger partial charge in [0.05, 0.1) is 5.57 Å². The largest absolute Gasteiger partial charge is 0.457 e. The van der Waals surface area contributed by atoms with Crippen molar-refractivity contribution in [2.75, 3.05) is 12.8 Å². The highest BCUT2D eigenvalue weighted by Crippen LogP contribution is 2.57. The summed E-state index contributed by atoms with van der Waals surface area (Å²) in [5, 5.41) is 0. The van der Waals surface area contributed by atoms with Crippen molar-refractivity contribution in [3.63, 3.8) is 0 Å². The highest BCUT2D eigenvalue weighted by atomic mass is 16.6. The second-order valence-electron chi connectivity index (χ2n) is 7.85. The van der Waals surface area contributed by atoms with Crippen molar-refractivity contribution < 1.29 is 18.7 Å². The average Bonchev–Trinajstić information content (AvgIpc) is 3.13. The van der Waals surface area contributed by atoms with Crippen LogP contribution in [0.5, 0.6) is 0 Å². The van der Waals surface area contributed by atoms with Gasteiger partial charge in [-0.3, -0.25) is 4.79 Å². The fourth-order valence-corrected chi connectivity index (χ4v) is 3.96. The molecule has 1 aliphatic carbocycles. The molecule has 7 nitrogen and oxygen atoms in total. The summed E-state index contributed by atoms with van der Waals surface area (Å²) in [4.78, 5) is 32.5. The van der Waals surface area contributed by atoms with Crippen molar-refractivity contribution >= 4 is 17.9 Å². The lowest BCUT2D eigenvalue weighted by molar-refractivity contribution is -0.151. The number of nitrogens with two attached hydrogens (primary N) is 1. The lowest BCUT2D eigenvalue weighted by Crippen LogP contribution is -2.42. The van der Waals surface area contributed by atoms with Gasteiger partial charge in [-0.15, -0.1) is 0 Å². The maximum Gasteiger partial charge on any atom is 0.338 e. The molecule has 140 valence electrons. The van der Waals surface area contributed by atoms with Gasteiger partial charge in [0.2, 0.25) is 5.91 Å². The van der Waals surface area contributed by atoms with Crippen LogP contribution in [0, 0.1) is 0 Å². The molecule has 2 N–H and O–H groups in total. The number of nitrogen functional groups attached to an aromatic ring is 1. The molecule has 4 rings (SSSR count). The van der Waals surface area contributed by atoms with Crippen LogP contribution in [0.2, 0.25) is 0 Å². The SMILES string of the molecule is CC1=C(C(=O)OC(C)(C)C)[C@@]2(C(=O)N1C)c1ccccc1-c1oc(N)nc12. The van der Waals surface area contributed by atoms with Gasteiger partial charge in [0.25, 0.3) is 6.01 Å². The van der Waals surface area contributed by atoms with E-state index in [0.717, 1.165) is 0 Å². The van der Waals surface area contributed by atoms with E-state index in [-0.39, 0.29) is 17.5 Å². The Morgan fingerprint density at radius 3 is 2.63 bits per heavy atom. The lowest BCUT2D eigenvalue weighted by Gasteiger charge is -2.27. The molecule has 0 radical (unpaired) electrons. The van der Waals surface area contributed by atoms with Crippen LogP contribution in [0.25, 0.3) is 11.3 Å². The number of hydrogen-bond acceptors (Lipinski definition) is 6. The van der Waals surface area contributed by atoms with Crippen LogP contribution in [0.3, 0.4) is 0 Å². The van der Waals surface area contributed by atoms with Crippen LogP contribution < -0.4 is 5.73 Å². The number of esters is 1. The Balaban J connectivity index is 2.05. The zero-order valence-corrected chi connectivity index (χ0v) is 15.9. The minimum Gasteiger partial charge on any atom is -0.457 e. The fourth-order valence-electron chi connectivity index (χ4n) is 3.96. The van der Waals surface area contributed by atoms with Gasteiger partial charge in [-0.1, -0.05) is 24.3 Å². The number of carbonyl (C=O) groups is 2. The van der Waals surface area contributed by atoms with Gasteiger partial charge in [-0.05, 0) is 33.3 Å². The first-order valence-corrected chi connectivity index (χ1v) is 8.68. The summed E-state index contributed by atoms with van der Waals surface area (Å²) in [5.41, 5.74) is 6.16. The van der Waals surface area contributed by atoms with Crippen LogP contribution in [0.1, 0.15) is 39.0 Å². The molecule has 0 bridgehead atoms. The third-order valence-corrected chi connectivity index (χ3v) is 5.04. The van der Waals surface area contributed by atoms with Gasteiger partial charge < -0.3 is 19.8 Å². The third kappa shape index (κ3) is 2.11. The lowest BCUT2D eigenvalue weighted by atomic mass is 9.74. The zero-order valence-electron chi connectivity index (χ0n) is 15.9. The summed E-state index contributed by atoms with van der Waals surface area (Å²) in [6.07, 6.45) is 0. The highest BCUT2D eigenvalue weighted by molar-refractivity contribution is 6.14. The van der Waals surface area contributed by atoms with E-state index in [0.29, 0.717) is 28.3 Å². The molecule has 2 aromatic rings. The number of oxazole rings is 1. The van der Waals surface area contributed by atoms with Crippen molar-refractivity contribution in [2.45, 2.75) is 38.7 Å². The molecule has 1 aliphatic heterocycles. The number of hydrogen-bond donors (Lipinski definition) is 1. The number of nitrogens with zero attached hydrogens (tertiary/aromatic N) is 2. The molecule has 1 amide bonds. The summed E-state index contributed by atoms with van der Waals surface area (Å²) in [6.45, 7) is 7.10. The number of ether oxygens (including phenoxy) is 1. The summed E-state index contributed by atoms with van der Waals surface area (Å²) in [5.74, 6) is -0.414. The number of likely N-dealkylation sites (N-methyl/N-ethyl adjacent to an activating group) is 1. The molecule has 0 saturated heterocycles. The molecule has 1 spiro atoms. The maximum atomic E-state index is 13.5. The molecular weight excluding hydrogens is 346 g/mol. The van der Waals surface area contributed by atoms with Gasteiger partial charge in [0.15, 0.2) is 11.2 Å². The molecule has 0 fully saturated rings. The second kappa shape index (κ2) is 5.22. The third-order valence-electron chi connectivity index (χ3n) is 5.04. The number of carbonyl (C=O) groups excluding carboxylic acids is 2. The number of rotatable bonds is 1. The summed E-state index contributed by atoms with van der Waals surface area (Å²) in [7, 11) is 1.64. The Kier molecular flexibility index (Phi) is 3.35. The molecule has 0 unspecified atom stereocenters. The van der Waals surface area contributed by atoms with Gasteiger partial charge >= 0.3 is 5.97 Å². The maximum absolute atomic E-state index is 13.5. The molecule has 0 saturated carbocycles. The van der Waals surface area contributed by atoms with Gasteiger partial charge in [-0.2, -0.15) is 4.98 Å². The van der Waals surface area contributed by atoms with E-state index in [1.54, 1.807) is 34.7 Å². The minimum absolute atomic E-state index is 0.0441. The van der Waals surface area contributed by atoms with Gasteiger partial charge in [0, 0.05) is 18.3 Å². The second-order valence-corrected chi connectivity index (χ2v) is 7.85. The van der Waals surface area contributed by atoms with Gasteiger partial charge in [0.1, 0.15) is 11.3 Å². The number of aromatic nitrogens is 1. The first kappa shape index (κ1) is 17.3. The fraction of sp³-hybridized carbons (Fsp3) is 0.350. The van der Waals surface area contributed by atoms with E-state index in [1.165, 1.54) is 4.90 Å². The first-order chi connectivity index (χ1) is 12.6. The Labute approximate surface area is 156 Å². The Morgan fingerprint density at radius 1 is 1.30 bits per heavy atom. The molecule has 1 atom stereocenters. The monoisotopic (exact) mass is 367 g/mol. The summed E-state index contributed by atoms with van der Waals surface area (Å²) in [6, 6.07) is 7.27. The molecule has 7 heteroatoms. The predicted molar refractivity (Wildman–Crippen MR) is 98.4 cm³/mol. The normalized spacial score (nSPS) is 21.1. The molecule has 1 aromatic carbocycles. The number of anilines is 1. The Bertz CT molecular complexity index is 1030. The predicted octanol–water partition coefficient (Wildman–Crippen LogP) is 2.61. The van der Waals surface area contributed by atoms with E-state index >= 15 is 0 Å². The number of amides is 1. The molecule has 2 heterocycles. The number of benzene rings is 1. The standard InChI is InChI=1S/C20H21N3O4/c1-10-13(16(24)27-19(2,3)4)20(17(25)23(10)5)12-9-7-6-8-11(12)14-15(20)22-18(21)26-14/h6-9H,1-5H3,(H2,21,22)/t20-/m0/s1. The van der Waals surface area contributed by atoms with Crippen LogP contribution in [0.15, 0.2) is 40.0 Å². The molecule has 2 aliphatic rings. The van der Waals surface area contributed by atoms with E-state index in [2.05, 4.69) is 4.98 Å². The van der Waals surface area contributed by atoms with Crippen LogP contribution >= 0.6 is 0 Å². The van der Waals surface area contributed by atoms with E-state index in [1.807, 2.05) is 24.3 Å². The van der Waals surface area contributed by atoms with Crippen LogP contribution in [0.4, 0.5) is 6.01 Å². The van der Waals surface area contributed by atoms with Gasteiger partial charge in [-0.25, -0.2) is 4.79 Å². The quantitative estimate of drug-likeness (QED) is 0.778. The summed E-state index contributed by atoms with van der Waals surface area (Å²) < 4.78 is 11.3. The minimum atomic E-state index is -1.41. The smallest absolute Gasteiger partial charge is 0.338 e. The Morgan fingerprint density at radius 2 is 1.96 bits per heavy atom. The molecular formula is C20H21N3O4. The van der Waals surface area contributed by atoms with Crippen molar-refractivity contribution in [2.24, 2.45) is 0 Å².